The van der Waals surface area contributed by atoms with E-state index >= 15 is 0 Å². The SMILES string of the molecule is COC1CCOc2ccc(I)cc21. The molecule has 1 aromatic rings. The summed E-state index contributed by atoms with van der Waals surface area (Å²) >= 11 is 2.30. The largest absolute Gasteiger partial charge is 0.493 e. The summed E-state index contributed by atoms with van der Waals surface area (Å²) in [5, 5.41) is 0. The standard InChI is InChI=1S/C10H11IO2/c1-12-9-4-5-13-10-3-2-7(11)6-8(9)10/h2-3,6,9H,4-5H2,1H3. The number of ether oxygens (including phenoxy) is 2. The van der Waals surface area contributed by atoms with Gasteiger partial charge in [-0.15, -0.1) is 0 Å². The lowest BCUT2D eigenvalue weighted by molar-refractivity contribution is 0.0636. The second-order valence-electron chi connectivity index (χ2n) is 3.04. The molecule has 0 aromatic heterocycles. The van der Waals surface area contributed by atoms with Crippen molar-refractivity contribution in [3.8, 4) is 5.75 Å². The highest BCUT2D eigenvalue weighted by atomic mass is 127. The Morgan fingerprint density at radius 3 is 3.15 bits per heavy atom. The fraction of sp³-hybridized carbons (Fsp3) is 0.400. The van der Waals surface area contributed by atoms with Crippen LogP contribution in [0.4, 0.5) is 0 Å². The van der Waals surface area contributed by atoms with Crippen LogP contribution in [0.25, 0.3) is 0 Å². The van der Waals surface area contributed by atoms with Crippen LogP contribution in [0.5, 0.6) is 5.75 Å². The summed E-state index contributed by atoms with van der Waals surface area (Å²) in [6, 6.07) is 6.20. The van der Waals surface area contributed by atoms with E-state index in [1.807, 2.05) is 6.07 Å². The van der Waals surface area contributed by atoms with Crippen LogP contribution in [0, 0.1) is 3.57 Å². The van der Waals surface area contributed by atoms with E-state index in [1.54, 1.807) is 7.11 Å². The second kappa shape index (κ2) is 3.84. The van der Waals surface area contributed by atoms with Crippen LogP contribution in [0.3, 0.4) is 0 Å². The van der Waals surface area contributed by atoms with Crippen LogP contribution in [0.1, 0.15) is 18.1 Å². The quantitative estimate of drug-likeness (QED) is 0.740. The highest BCUT2D eigenvalue weighted by molar-refractivity contribution is 14.1. The molecule has 2 rings (SSSR count). The van der Waals surface area contributed by atoms with Gasteiger partial charge in [0.05, 0.1) is 12.7 Å². The Morgan fingerprint density at radius 2 is 2.38 bits per heavy atom. The predicted octanol–water partition coefficient (Wildman–Crippen LogP) is 2.76. The minimum absolute atomic E-state index is 0.207. The smallest absolute Gasteiger partial charge is 0.125 e. The molecule has 1 aromatic carbocycles. The maximum absolute atomic E-state index is 5.53. The van der Waals surface area contributed by atoms with Gasteiger partial charge in [-0.1, -0.05) is 0 Å². The van der Waals surface area contributed by atoms with E-state index in [0.717, 1.165) is 18.8 Å². The molecule has 0 N–H and O–H groups in total. The van der Waals surface area contributed by atoms with Crippen molar-refractivity contribution in [2.24, 2.45) is 0 Å². The lowest BCUT2D eigenvalue weighted by Crippen LogP contribution is -2.15. The Kier molecular flexibility index (Phi) is 2.74. The maximum Gasteiger partial charge on any atom is 0.125 e. The monoisotopic (exact) mass is 290 g/mol. The Bertz CT molecular complexity index is 312. The van der Waals surface area contributed by atoms with Gasteiger partial charge in [0, 0.05) is 22.7 Å². The van der Waals surface area contributed by atoms with Crippen molar-refractivity contribution in [1.29, 1.82) is 0 Å². The summed E-state index contributed by atoms with van der Waals surface area (Å²) in [6.07, 6.45) is 1.15. The molecular formula is C10H11IO2. The first kappa shape index (κ1) is 9.27. The first-order valence-corrected chi connectivity index (χ1v) is 5.34. The molecule has 0 amide bonds. The van der Waals surface area contributed by atoms with E-state index in [4.69, 9.17) is 9.47 Å². The number of hydrogen-bond acceptors (Lipinski definition) is 2. The van der Waals surface area contributed by atoms with Crippen molar-refractivity contribution in [2.45, 2.75) is 12.5 Å². The lowest BCUT2D eigenvalue weighted by Gasteiger charge is -2.24. The maximum atomic E-state index is 5.53. The Balaban J connectivity index is 2.41. The molecule has 0 fully saturated rings. The van der Waals surface area contributed by atoms with Crippen molar-refractivity contribution in [3.05, 3.63) is 27.3 Å². The van der Waals surface area contributed by atoms with E-state index < -0.39 is 0 Å². The molecule has 2 nitrogen and oxygen atoms in total. The van der Waals surface area contributed by atoms with Gasteiger partial charge in [0.2, 0.25) is 0 Å². The molecule has 0 bridgehead atoms. The van der Waals surface area contributed by atoms with Crippen LogP contribution in [0.2, 0.25) is 0 Å². The number of fused-ring (bicyclic) bond motifs is 1. The minimum atomic E-state index is 0.207. The molecule has 0 spiro atoms. The van der Waals surface area contributed by atoms with Gasteiger partial charge in [-0.05, 0) is 40.8 Å². The van der Waals surface area contributed by atoms with Gasteiger partial charge < -0.3 is 9.47 Å². The molecule has 13 heavy (non-hydrogen) atoms. The first-order chi connectivity index (χ1) is 6.31. The topological polar surface area (TPSA) is 18.5 Å². The second-order valence-corrected chi connectivity index (χ2v) is 4.29. The zero-order chi connectivity index (χ0) is 9.26. The van der Waals surface area contributed by atoms with Crippen LogP contribution in [0.15, 0.2) is 18.2 Å². The molecule has 1 heterocycles. The third-order valence-corrected chi connectivity index (χ3v) is 2.91. The average Bonchev–Trinajstić information content (AvgIpc) is 2.17. The molecule has 3 heteroatoms. The molecule has 1 aliphatic rings. The summed E-state index contributed by atoms with van der Waals surface area (Å²) in [4.78, 5) is 0. The molecule has 0 saturated carbocycles. The van der Waals surface area contributed by atoms with Crippen LogP contribution in [-0.4, -0.2) is 13.7 Å². The number of benzene rings is 1. The van der Waals surface area contributed by atoms with Crippen molar-refractivity contribution in [3.63, 3.8) is 0 Å². The molecule has 70 valence electrons. The van der Waals surface area contributed by atoms with Crippen molar-refractivity contribution >= 4 is 22.6 Å². The zero-order valence-corrected chi connectivity index (χ0v) is 9.58. The summed E-state index contributed by atoms with van der Waals surface area (Å²) in [5.74, 6) is 0.971. The van der Waals surface area contributed by atoms with Crippen LogP contribution >= 0.6 is 22.6 Å². The molecular weight excluding hydrogens is 279 g/mol. The van der Waals surface area contributed by atoms with Crippen molar-refractivity contribution in [2.75, 3.05) is 13.7 Å². The fourth-order valence-corrected chi connectivity index (χ4v) is 2.09. The minimum Gasteiger partial charge on any atom is -0.493 e. The number of halogens is 1. The van der Waals surface area contributed by atoms with Crippen LogP contribution < -0.4 is 4.74 Å². The third-order valence-electron chi connectivity index (χ3n) is 2.24. The normalized spacial score (nSPS) is 20.6. The average molecular weight is 290 g/mol. The van der Waals surface area contributed by atoms with Crippen LogP contribution in [-0.2, 0) is 4.74 Å². The Labute approximate surface area is 91.4 Å². The Morgan fingerprint density at radius 1 is 1.54 bits per heavy atom. The summed E-state index contributed by atoms with van der Waals surface area (Å²) in [7, 11) is 1.75. The highest BCUT2D eigenvalue weighted by Crippen LogP contribution is 2.34. The summed E-state index contributed by atoms with van der Waals surface area (Å²) < 4.78 is 12.1. The predicted molar refractivity (Wildman–Crippen MR) is 59.0 cm³/mol. The summed E-state index contributed by atoms with van der Waals surface area (Å²) in [5.41, 5.74) is 1.18. The van der Waals surface area contributed by atoms with Gasteiger partial charge in [-0.3, -0.25) is 0 Å². The van der Waals surface area contributed by atoms with E-state index in [-0.39, 0.29) is 6.10 Å². The molecule has 1 unspecified atom stereocenters. The third kappa shape index (κ3) is 1.81. The highest BCUT2D eigenvalue weighted by Gasteiger charge is 2.20. The van der Waals surface area contributed by atoms with Gasteiger partial charge in [0.15, 0.2) is 0 Å². The lowest BCUT2D eigenvalue weighted by atomic mass is 10.0. The van der Waals surface area contributed by atoms with Crippen molar-refractivity contribution in [1.82, 2.24) is 0 Å². The van der Waals surface area contributed by atoms with E-state index in [0.29, 0.717) is 0 Å². The first-order valence-electron chi connectivity index (χ1n) is 4.26. The van der Waals surface area contributed by atoms with E-state index in [1.165, 1.54) is 9.13 Å². The van der Waals surface area contributed by atoms with E-state index in [2.05, 4.69) is 34.7 Å². The number of methoxy groups -OCH3 is 1. The number of hydrogen-bond donors (Lipinski definition) is 0. The number of rotatable bonds is 1. The van der Waals surface area contributed by atoms with Crippen molar-refractivity contribution < 1.29 is 9.47 Å². The molecule has 0 saturated heterocycles. The molecule has 1 aliphatic heterocycles. The van der Waals surface area contributed by atoms with Gasteiger partial charge in [-0.25, -0.2) is 0 Å². The molecule has 0 aliphatic carbocycles. The molecule has 1 atom stereocenters. The van der Waals surface area contributed by atoms with Gasteiger partial charge in [-0.2, -0.15) is 0 Å². The molecule has 0 radical (unpaired) electrons. The van der Waals surface area contributed by atoms with E-state index in [9.17, 15) is 0 Å². The Hall–Kier alpha value is -0.290. The van der Waals surface area contributed by atoms with Gasteiger partial charge >= 0.3 is 0 Å². The van der Waals surface area contributed by atoms with Gasteiger partial charge in [0.1, 0.15) is 5.75 Å². The fourth-order valence-electron chi connectivity index (χ4n) is 1.58. The van der Waals surface area contributed by atoms with Gasteiger partial charge in [0.25, 0.3) is 0 Å². The zero-order valence-electron chi connectivity index (χ0n) is 7.42. The summed E-state index contributed by atoms with van der Waals surface area (Å²) in [6.45, 7) is 0.756.